The molecule has 0 aliphatic carbocycles. The highest BCUT2D eigenvalue weighted by Crippen LogP contribution is 2.43. The molecule has 0 bridgehead atoms. The van der Waals surface area contributed by atoms with Gasteiger partial charge in [0.15, 0.2) is 0 Å². The van der Waals surface area contributed by atoms with Crippen LogP contribution in [-0.2, 0) is 18.4 Å². The number of nitrogens with two attached hydrogens (primary N) is 2. The molecule has 3 aromatic carbocycles. The standard InChI is InChI=1S/C30H28N6O2/c1-17(2)30(38)35-22-10-7-18(8-11-22)27-25(26-28(32)33-16-34-29(26)36(27)3)20-9-12-24(21(13-20)15-31)19-5-4-6-23(37)14-19/h4-14,16,37H,1,15,31H2,2-3H3,(H,35,38)(H2,32,33,34). The molecular weight excluding hydrogens is 476 g/mol. The highest BCUT2D eigenvalue weighted by atomic mass is 16.3. The first-order valence-electron chi connectivity index (χ1n) is 12.1. The first kappa shape index (κ1) is 24.7. The Bertz CT molecular complexity index is 1700. The molecule has 2 heterocycles. The van der Waals surface area contributed by atoms with Crippen molar-refractivity contribution in [2.24, 2.45) is 12.8 Å². The van der Waals surface area contributed by atoms with Gasteiger partial charge in [0, 0.05) is 30.4 Å². The van der Waals surface area contributed by atoms with Crippen LogP contribution in [0.4, 0.5) is 11.5 Å². The van der Waals surface area contributed by atoms with Crippen molar-refractivity contribution in [2.45, 2.75) is 13.5 Å². The third-order valence-electron chi connectivity index (χ3n) is 6.57. The van der Waals surface area contributed by atoms with E-state index in [4.69, 9.17) is 11.5 Å². The number of nitrogen functional groups attached to an aromatic ring is 1. The topological polar surface area (TPSA) is 132 Å². The van der Waals surface area contributed by atoms with Crippen molar-refractivity contribution in [3.8, 4) is 39.3 Å². The summed E-state index contributed by atoms with van der Waals surface area (Å²) >= 11 is 0. The Balaban J connectivity index is 1.69. The monoisotopic (exact) mass is 504 g/mol. The summed E-state index contributed by atoms with van der Waals surface area (Å²) in [6.07, 6.45) is 1.46. The lowest BCUT2D eigenvalue weighted by Gasteiger charge is -2.14. The quantitative estimate of drug-likeness (QED) is 0.234. The number of nitrogens with zero attached hydrogens (tertiary/aromatic N) is 3. The number of hydrogen-bond acceptors (Lipinski definition) is 6. The maximum Gasteiger partial charge on any atom is 0.250 e. The molecule has 0 saturated carbocycles. The summed E-state index contributed by atoms with van der Waals surface area (Å²) in [6.45, 7) is 5.66. The van der Waals surface area contributed by atoms with Gasteiger partial charge in [-0.2, -0.15) is 0 Å². The van der Waals surface area contributed by atoms with E-state index in [9.17, 15) is 9.90 Å². The summed E-state index contributed by atoms with van der Waals surface area (Å²) in [7, 11) is 1.94. The second kappa shape index (κ2) is 9.84. The van der Waals surface area contributed by atoms with Crippen LogP contribution in [0.15, 0.2) is 85.2 Å². The van der Waals surface area contributed by atoms with Crippen LogP contribution in [-0.4, -0.2) is 25.5 Å². The highest BCUT2D eigenvalue weighted by molar-refractivity contribution is 6.08. The van der Waals surface area contributed by atoms with Crippen molar-refractivity contribution in [3.63, 3.8) is 0 Å². The first-order chi connectivity index (χ1) is 18.3. The first-order valence-corrected chi connectivity index (χ1v) is 12.1. The molecule has 38 heavy (non-hydrogen) atoms. The number of aryl methyl sites for hydroxylation is 1. The molecule has 6 N–H and O–H groups in total. The van der Waals surface area contributed by atoms with Gasteiger partial charge in [0.05, 0.1) is 11.1 Å². The van der Waals surface area contributed by atoms with Gasteiger partial charge in [0.25, 0.3) is 5.91 Å². The number of phenolic OH excluding ortho intramolecular Hbond substituents is 1. The van der Waals surface area contributed by atoms with Gasteiger partial charge in [-0.1, -0.05) is 43.0 Å². The Morgan fingerprint density at radius 3 is 2.45 bits per heavy atom. The van der Waals surface area contributed by atoms with E-state index in [0.717, 1.165) is 44.5 Å². The van der Waals surface area contributed by atoms with E-state index < -0.39 is 0 Å². The zero-order valence-corrected chi connectivity index (χ0v) is 21.2. The second-order valence-corrected chi connectivity index (χ2v) is 9.18. The summed E-state index contributed by atoms with van der Waals surface area (Å²) < 4.78 is 2.00. The summed E-state index contributed by atoms with van der Waals surface area (Å²) in [6, 6.07) is 20.8. The Morgan fingerprint density at radius 1 is 1.03 bits per heavy atom. The predicted octanol–water partition coefficient (Wildman–Crippen LogP) is 5.23. The molecule has 0 fully saturated rings. The maximum atomic E-state index is 12.1. The van der Waals surface area contributed by atoms with E-state index in [-0.39, 0.29) is 11.7 Å². The molecule has 190 valence electrons. The van der Waals surface area contributed by atoms with Crippen molar-refractivity contribution in [3.05, 3.63) is 90.8 Å². The number of amides is 1. The van der Waals surface area contributed by atoms with Crippen LogP contribution in [0.25, 0.3) is 44.5 Å². The van der Waals surface area contributed by atoms with Crippen molar-refractivity contribution < 1.29 is 9.90 Å². The van der Waals surface area contributed by atoms with Crippen molar-refractivity contribution in [1.29, 1.82) is 0 Å². The number of fused-ring (bicyclic) bond motifs is 1. The van der Waals surface area contributed by atoms with E-state index in [1.165, 1.54) is 6.33 Å². The fourth-order valence-corrected chi connectivity index (χ4v) is 4.72. The molecule has 0 aliphatic heterocycles. The molecule has 1 amide bonds. The summed E-state index contributed by atoms with van der Waals surface area (Å²) in [5.74, 6) is 0.342. The molecule has 0 unspecified atom stereocenters. The van der Waals surface area contributed by atoms with E-state index in [1.54, 1.807) is 19.1 Å². The fraction of sp³-hybridized carbons (Fsp3) is 0.100. The van der Waals surface area contributed by atoms with Crippen LogP contribution in [0, 0.1) is 0 Å². The lowest BCUT2D eigenvalue weighted by atomic mass is 9.92. The normalized spacial score (nSPS) is 11.0. The van der Waals surface area contributed by atoms with Crippen LogP contribution < -0.4 is 16.8 Å². The molecule has 8 heteroatoms. The van der Waals surface area contributed by atoms with Crippen LogP contribution in [0.5, 0.6) is 5.75 Å². The largest absolute Gasteiger partial charge is 0.508 e. The Kier molecular flexibility index (Phi) is 6.40. The molecule has 8 nitrogen and oxygen atoms in total. The third kappa shape index (κ3) is 4.38. The minimum absolute atomic E-state index is 0.193. The van der Waals surface area contributed by atoms with Crippen LogP contribution >= 0.6 is 0 Å². The molecule has 0 radical (unpaired) electrons. The average Bonchev–Trinajstić information content (AvgIpc) is 3.22. The third-order valence-corrected chi connectivity index (χ3v) is 6.57. The minimum Gasteiger partial charge on any atom is -0.508 e. The number of anilines is 2. The minimum atomic E-state index is -0.229. The van der Waals surface area contributed by atoms with Gasteiger partial charge in [-0.25, -0.2) is 9.97 Å². The van der Waals surface area contributed by atoms with Crippen molar-refractivity contribution in [2.75, 3.05) is 11.1 Å². The van der Waals surface area contributed by atoms with Gasteiger partial charge >= 0.3 is 0 Å². The van der Waals surface area contributed by atoms with Crippen molar-refractivity contribution >= 4 is 28.4 Å². The second-order valence-electron chi connectivity index (χ2n) is 9.18. The zero-order chi connectivity index (χ0) is 27.0. The number of carbonyl (C=O) groups is 1. The fourth-order valence-electron chi connectivity index (χ4n) is 4.72. The van der Waals surface area contributed by atoms with Gasteiger partial charge in [-0.05, 0) is 65.1 Å². The number of phenols is 1. The number of nitrogens with one attached hydrogen (secondary N) is 1. The summed E-state index contributed by atoms with van der Waals surface area (Å²) in [4.78, 5) is 20.8. The number of aromatic nitrogens is 3. The van der Waals surface area contributed by atoms with Crippen LogP contribution in [0.1, 0.15) is 12.5 Å². The SMILES string of the molecule is C=C(C)C(=O)Nc1ccc(-c2c(-c3ccc(-c4cccc(O)c4)c(CN)c3)c3c(N)ncnc3n2C)cc1. The Morgan fingerprint density at radius 2 is 1.76 bits per heavy atom. The summed E-state index contributed by atoms with van der Waals surface area (Å²) in [5.41, 5.74) is 20.7. The molecular formula is C30H28N6O2. The molecule has 2 aromatic heterocycles. The number of benzene rings is 3. The molecule has 0 spiro atoms. The van der Waals surface area contributed by atoms with E-state index >= 15 is 0 Å². The molecule has 5 aromatic rings. The predicted molar refractivity (Wildman–Crippen MR) is 152 cm³/mol. The number of aromatic hydroxyl groups is 1. The number of rotatable bonds is 6. The van der Waals surface area contributed by atoms with E-state index in [0.29, 0.717) is 29.3 Å². The van der Waals surface area contributed by atoms with Gasteiger partial charge in [-0.3, -0.25) is 4.79 Å². The number of carbonyl (C=O) groups excluding carboxylic acids is 1. The molecule has 5 rings (SSSR count). The average molecular weight is 505 g/mol. The Labute approximate surface area is 220 Å². The van der Waals surface area contributed by atoms with Crippen molar-refractivity contribution in [1.82, 2.24) is 14.5 Å². The highest BCUT2D eigenvalue weighted by Gasteiger charge is 2.22. The smallest absolute Gasteiger partial charge is 0.250 e. The van der Waals surface area contributed by atoms with Gasteiger partial charge in [-0.15, -0.1) is 0 Å². The molecule has 0 atom stereocenters. The van der Waals surface area contributed by atoms with Gasteiger partial charge in [0.1, 0.15) is 23.5 Å². The van der Waals surface area contributed by atoms with Gasteiger partial charge < -0.3 is 26.5 Å². The summed E-state index contributed by atoms with van der Waals surface area (Å²) in [5, 5.41) is 13.6. The lowest BCUT2D eigenvalue weighted by Crippen LogP contribution is -2.11. The number of hydrogen-bond donors (Lipinski definition) is 4. The van der Waals surface area contributed by atoms with Crippen LogP contribution in [0.2, 0.25) is 0 Å². The van der Waals surface area contributed by atoms with Crippen LogP contribution in [0.3, 0.4) is 0 Å². The van der Waals surface area contributed by atoms with E-state index in [1.807, 2.05) is 66.2 Å². The molecule has 0 aliphatic rings. The Hall–Kier alpha value is -4.95. The zero-order valence-electron chi connectivity index (χ0n) is 21.2. The maximum absolute atomic E-state index is 12.1. The van der Waals surface area contributed by atoms with E-state index in [2.05, 4.69) is 21.9 Å². The molecule has 0 saturated heterocycles. The van der Waals surface area contributed by atoms with Gasteiger partial charge in [0.2, 0.25) is 0 Å². The lowest BCUT2D eigenvalue weighted by molar-refractivity contribution is -0.112.